The first-order valence-electron chi connectivity index (χ1n) is 12.7. The highest BCUT2D eigenvalue weighted by atomic mass is 16.3. The molecule has 5 heteroatoms. The summed E-state index contributed by atoms with van der Waals surface area (Å²) in [7, 11) is 0. The van der Waals surface area contributed by atoms with Crippen molar-refractivity contribution in [1.29, 1.82) is 0 Å². The van der Waals surface area contributed by atoms with Crippen LogP contribution in [0.15, 0.2) is 89.1 Å². The van der Waals surface area contributed by atoms with Crippen LogP contribution in [0.25, 0.3) is 10.8 Å². The van der Waals surface area contributed by atoms with Crippen LogP contribution in [0.1, 0.15) is 61.0 Å². The van der Waals surface area contributed by atoms with Crippen LogP contribution < -0.4 is 5.32 Å². The molecule has 0 aromatic heterocycles. The number of unbranched alkanes of at least 4 members (excludes halogenated alkanes) is 2. The van der Waals surface area contributed by atoms with E-state index in [0.29, 0.717) is 11.4 Å². The molecule has 0 saturated carbocycles. The molecule has 4 rings (SSSR count). The molecule has 0 heterocycles. The van der Waals surface area contributed by atoms with Crippen molar-refractivity contribution in [1.82, 2.24) is 0 Å². The maximum atomic E-state index is 13.1. The van der Waals surface area contributed by atoms with Gasteiger partial charge in [-0.3, -0.25) is 4.79 Å². The molecule has 0 fully saturated rings. The van der Waals surface area contributed by atoms with Crippen molar-refractivity contribution in [2.24, 2.45) is 10.2 Å². The molecular weight excluding hydrogens is 446 g/mol. The summed E-state index contributed by atoms with van der Waals surface area (Å²) in [5.74, 6) is -0.578. The largest absolute Gasteiger partial charge is 0.505 e. The van der Waals surface area contributed by atoms with E-state index in [-0.39, 0.29) is 17.0 Å². The summed E-state index contributed by atoms with van der Waals surface area (Å²) in [6.45, 7) is 4.35. The lowest BCUT2D eigenvalue weighted by Crippen LogP contribution is -2.12. The number of rotatable bonds is 10. The average molecular weight is 480 g/mol. The fourth-order valence-corrected chi connectivity index (χ4v) is 4.14. The van der Waals surface area contributed by atoms with E-state index in [0.717, 1.165) is 49.3 Å². The molecule has 1 amide bonds. The normalized spacial score (nSPS) is 11.3. The molecule has 36 heavy (non-hydrogen) atoms. The number of anilines is 1. The minimum atomic E-state index is -0.392. The number of benzene rings is 4. The van der Waals surface area contributed by atoms with Gasteiger partial charge in [-0.05, 0) is 72.5 Å². The zero-order valence-electron chi connectivity index (χ0n) is 21.0. The summed E-state index contributed by atoms with van der Waals surface area (Å²) >= 11 is 0. The molecule has 184 valence electrons. The van der Waals surface area contributed by atoms with Crippen molar-refractivity contribution in [3.05, 3.63) is 95.6 Å². The Hall–Kier alpha value is -3.99. The summed E-state index contributed by atoms with van der Waals surface area (Å²) in [6.07, 6.45) is 6.64. The highest BCUT2D eigenvalue weighted by Crippen LogP contribution is 2.39. The number of hydrogen-bond acceptors (Lipinski definition) is 4. The summed E-state index contributed by atoms with van der Waals surface area (Å²) in [5.41, 5.74) is 4.32. The van der Waals surface area contributed by atoms with Crippen molar-refractivity contribution >= 4 is 33.7 Å². The zero-order valence-corrected chi connectivity index (χ0v) is 21.0. The lowest BCUT2D eigenvalue weighted by molar-refractivity contribution is 0.102. The van der Waals surface area contributed by atoms with Gasteiger partial charge in [-0.25, -0.2) is 0 Å². The third-order valence-electron chi connectivity index (χ3n) is 6.29. The van der Waals surface area contributed by atoms with Gasteiger partial charge in [0.25, 0.3) is 5.91 Å². The molecule has 5 nitrogen and oxygen atoms in total. The molecule has 0 atom stereocenters. The highest BCUT2D eigenvalue weighted by Gasteiger charge is 2.18. The molecule has 0 aliphatic rings. The third kappa shape index (κ3) is 6.16. The summed E-state index contributed by atoms with van der Waals surface area (Å²) in [6, 6.07) is 25.0. The molecule has 4 aromatic rings. The molecular formula is C31H33N3O2. The van der Waals surface area contributed by atoms with Gasteiger partial charge in [0.1, 0.15) is 5.69 Å². The van der Waals surface area contributed by atoms with Crippen molar-refractivity contribution in [2.45, 2.75) is 52.4 Å². The second kappa shape index (κ2) is 12.1. The van der Waals surface area contributed by atoms with Gasteiger partial charge in [0.05, 0.1) is 11.3 Å². The molecule has 0 bridgehead atoms. The number of aryl methyl sites for hydroxylation is 2. The molecule has 0 aliphatic carbocycles. The smallest absolute Gasteiger partial charge is 0.259 e. The van der Waals surface area contributed by atoms with E-state index in [1.165, 1.54) is 11.1 Å². The highest BCUT2D eigenvalue weighted by molar-refractivity contribution is 6.11. The second-order valence-electron chi connectivity index (χ2n) is 9.07. The molecule has 0 radical (unpaired) electrons. The monoisotopic (exact) mass is 479 g/mol. The molecule has 4 aromatic carbocycles. The first-order chi connectivity index (χ1) is 17.6. The van der Waals surface area contributed by atoms with Gasteiger partial charge in [-0.2, -0.15) is 5.11 Å². The van der Waals surface area contributed by atoms with Gasteiger partial charge < -0.3 is 10.4 Å². The minimum Gasteiger partial charge on any atom is -0.505 e. The SMILES string of the molecule is CCCCc1ccc(N=Nc2c(O)c(C(=O)Nc3ccc(CCCC)cc3)cc3ccccc23)cc1. The number of nitrogens with zero attached hydrogens (tertiary/aromatic N) is 2. The molecule has 0 aliphatic heterocycles. The van der Waals surface area contributed by atoms with E-state index in [2.05, 4.69) is 41.5 Å². The number of carbonyl (C=O) groups excluding carboxylic acids is 1. The Morgan fingerprint density at radius 1 is 0.806 bits per heavy atom. The molecule has 2 N–H and O–H groups in total. The van der Waals surface area contributed by atoms with Crippen LogP contribution in [0.4, 0.5) is 17.1 Å². The number of carbonyl (C=O) groups is 1. The van der Waals surface area contributed by atoms with Crippen LogP contribution in [0.2, 0.25) is 0 Å². The van der Waals surface area contributed by atoms with E-state index >= 15 is 0 Å². The van der Waals surface area contributed by atoms with E-state index in [1.54, 1.807) is 6.07 Å². The topological polar surface area (TPSA) is 74.0 Å². The maximum absolute atomic E-state index is 13.1. The Labute approximate surface area is 212 Å². The Morgan fingerprint density at radius 3 is 2.06 bits per heavy atom. The lowest BCUT2D eigenvalue weighted by atomic mass is 10.0. The quantitative estimate of drug-likeness (QED) is 0.223. The maximum Gasteiger partial charge on any atom is 0.259 e. The lowest BCUT2D eigenvalue weighted by Gasteiger charge is -2.11. The number of azo groups is 1. The second-order valence-corrected chi connectivity index (χ2v) is 9.07. The Balaban J connectivity index is 1.60. The Kier molecular flexibility index (Phi) is 8.45. The molecule has 0 saturated heterocycles. The summed E-state index contributed by atoms with van der Waals surface area (Å²) in [4.78, 5) is 13.1. The van der Waals surface area contributed by atoms with Gasteiger partial charge in [0, 0.05) is 11.1 Å². The summed E-state index contributed by atoms with van der Waals surface area (Å²) in [5, 5.41) is 24.3. The first-order valence-corrected chi connectivity index (χ1v) is 12.7. The fraction of sp³-hybridized carbons (Fsp3) is 0.258. The average Bonchev–Trinajstić information content (AvgIpc) is 2.91. The predicted octanol–water partition coefficient (Wildman–Crippen LogP) is 8.90. The minimum absolute atomic E-state index is 0.160. The Bertz CT molecular complexity index is 1340. The number of nitrogens with one attached hydrogen (secondary N) is 1. The van der Waals surface area contributed by atoms with Gasteiger partial charge >= 0.3 is 0 Å². The van der Waals surface area contributed by atoms with Gasteiger partial charge in [0.2, 0.25) is 0 Å². The third-order valence-corrected chi connectivity index (χ3v) is 6.29. The summed E-state index contributed by atoms with van der Waals surface area (Å²) < 4.78 is 0. The van der Waals surface area contributed by atoms with Crippen LogP contribution >= 0.6 is 0 Å². The van der Waals surface area contributed by atoms with Crippen LogP contribution in [-0.2, 0) is 12.8 Å². The predicted molar refractivity (Wildman–Crippen MR) is 148 cm³/mol. The molecule has 0 unspecified atom stereocenters. The van der Waals surface area contributed by atoms with Crippen molar-refractivity contribution in [2.75, 3.05) is 5.32 Å². The van der Waals surface area contributed by atoms with Gasteiger partial charge in [-0.1, -0.05) is 75.2 Å². The zero-order chi connectivity index (χ0) is 25.3. The number of amides is 1. The van der Waals surface area contributed by atoms with Crippen molar-refractivity contribution in [3.63, 3.8) is 0 Å². The van der Waals surface area contributed by atoms with E-state index in [1.807, 2.05) is 60.7 Å². The number of hydrogen-bond donors (Lipinski definition) is 2. The van der Waals surface area contributed by atoms with E-state index < -0.39 is 5.91 Å². The van der Waals surface area contributed by atoms with Crippen LogP contribution in [-0.4, -0.2) is 11.0 Å². The van der Waals surface area contributed by atoms with Crippen molar-refractivity contribution in [3.8, 4) is 5.75 Å². The standard InChI is InChI=1S/C31H33N3O2/c1-3-5-9-22-13-17-25(18-14-22)32-31(36)28-21-24-11-7-8-12-27(24)29(30(28)35)34-33-26-19-15-23(16-20-26)10-6-4-2/h7-8,11-21,35H,3-6,9-10H2,1-2H3,(H,32,36). The number of phenolic OH excluding ortho intramolecular Hbond substituents is 1. The Morgan fingerprint density at radius 2 is 1.42 bits per heavy atom. The van der Waals surface area contributed by atoms with E-state index in [4.69, 9.17) is 0 Å². The molecule has 0 spiro atoms. The van der Waals surface area contributed by atoms with Crippen LogP contribution in [0.5, 0.6) is 5.75 Å². The van der Waals surface area contributed by atoms with Crippen LogP contribution in [0, 0.1) is 0 Å². The van der Waals surface area contributed by atoms with Crippen LogP contribution in [0.3, 0.4) is 0 Å². The number of fused-ring (bicyclic) bond motifs is 1. The van der Waals surface area contributed by atoms with Gasteiger partial charge in [-0.15, -0.1) is 5.11 Å². The van der Waals surface area contributed by atoms with E-state index in [9.17, 15) is 9.90 Å². The first kappa shape index (κ1) is 25.1. The van der Waals surface area contributed by atoms with Gasteiger partial charge in [0.15, 0.2) is 5.75 Å². The number of aromatic hydroxyl groups is 1. The fourth-order valence-electron chi connectivity index (χ4n) is 4.14. The number of phenols is 1. The van der Waals surface area contributed by atoms with Crippen molar-refractivity contribution < 1.29 is 9.90 Å².